The summed E-state index contributed by atoms with van der Waals surface area (Å²) in [5.74, 6) is 0.0156. The predicted molar refractivity (Wildman–Crippen MR) is 64.5 cm³/mol. The van der Waals surface area contributed by atoms with Crippen molar-refractivity contribution in [1.82, 2.24) is 15.3 Å². The van der Waals surface area contributed by atoms with E-state index >= 15 is 0 Å². The molecule has 1 rings (SSSR count). The Hall–Kier alpha value is -1.49. The highest BCUT2D eigenvalue weighted by Crippen LogP contribution is 2.04. The van der Waals surface area contributed by atoms with Crippen molar-refractivity contribution in [2.75, 3.05) is 0 Å². The van der Waals surface area contributed by atoms with Crippen LogP contribution in [0.4, 0.5) is 0 Å². The van der Waals surface area contributed by atoms with Crippen LogP contribution in [0.3, 0.4) is 0 Å². The van der Waals surface area contributed by atoms with Crippen LogP contribution in [0.15, 0.2) is 12.4 Å². The molecule has 0 amide bonds. The number of rotatable bonds is 6. The van der Waals surface area contributed by atoms with Crippen LogP contribution in [0.1, 0.15) is 32.2 Å². The molecule has 17 heavy (non-hydrogen) atoms. The first-order chi connectivity index (χ1) is 8.04. The second-order valence-electron chi connectivity index (χ2n) is 4.30. The Bertz CT molecular complexity index is 363. The second-order valence-corrected chi connectivity index (χ2v) is 4.30. The van der Waals surface area contributed by atoms with E-state index in [0.29, 0.717) is 6.54 Å². The summed E-state index contributed by atoms with van der Waals surface area (Å²) in [6.45, 7) is 6.22. The molecule has 1 unspecified atom stereocenters. The van der Waals surface area contributed by atoms with Crippen molar-refractivity contribution >= 4 is 5.97 Å². The average molecular weight is 237 g/mol. The van der Waals surface area contributed by atoms with Gasteiger partial charge in [-0.1, -0.05) is 20.8 Å². The van der Waals surface area contributed by atoms with Crippen LogP contribution >= 0.6 is 0 Å². The van der Waals surface area contributed by atoms with E-state index in [9.17, 15) is 4.79 Å². The Kier molecular flexibility index (Phi) is 5.03. The molecule has 0 aliphatic carbocycles. The van der Waals surface area contributed by atoms with Gasteiger partial charge in [-0.15, -0.1) is 0 Å². The predicted octanol–water partition coefficient (Wildman–Crippen LogP) is 1.24. The van der Waals surface area contributed by atoms with Crippen molar-refractivity contribution in [1.29, 1.82) is 0 Å². The van der Waals surface area contributed by atoms with E-state index in [4.69, 9.17) is 5.11 Å². The molecule has 5 heteroatoms. The fourth-order valence-corrected chi connectivity index (χ4v) is 1.49. The summed E-state index contributed by atoms with van der Waals surface area (Å²) in [6.07, 6.45) is 4.27. The fourth-order valence-electron chi connectivity index (χ4n) is 1.49. The zero-order valence-corrected chi connectivity index (χ0v) is 10.5. The van der Waals surface area contributed by atoms with Gasteiger partial charge in [0.1, 0.15) is 11.9 Å². The number of nitrogens with one attached hydrogen (secondary N) is 1. The minimum absolute atomic E-state index is 0.0448. The first-order valence-corrected chi connectivity index (χ1v) is 5.80. The summed E-state index contributed by atoms with van der Waals surface area (Å²) in [7, 11) is 0. The van der Waals surface area contributed by atoms with E-state index in [0.717, 1.165) is 17.8 Å². The summed E-state index contributed by atoms with van der Waals surface area (Å²) in [5, 5.41) is 12.0. The number of nitrogens with zero attached hydrogens (tertiary/aromatic N) is 2. The van der Waals surface area contributed by atoms with Crippen LogP contribution in [0.5, 0.6) is 0 Å². The Morgan fingerprint density at radius 1 is 1.41 bits per heavy atom. The zero-order valence-electron chi connectivity index (χ0n) is 10.5. The summed E-state index contributed by atoms with van der Waals surface area (Å²) in [6, 6.07) is -0.541. The second kappa shape index (κ2) is 6.30. The number of aromatic nitrogens is 2. The number of hydrogen-bond acceptors (Lipinski definition) is 4. The van der Waals surface area contributed by atoms with Gasteiger partial charge in [0, 0.05) is 30.9 Å². The maximum atomic E-state index is 11.0. The Morgan fingerprint density at radius 3 is 2.41 bits per heavy atom. The SMILES string of the molecule is CCc1ncc(CNC(C(=O)O)C(C)C)cn1. The monoisotopic (exact) mass is 237 g/mol. The smallest absolute Gasteiger partial charge is 0.320 e. The Balaban J connectivity index is 2.56. The Labute approximate surface area is 101 Å². The lowest BCUT2D eigenvalue weighted by molar-refractivity contribution is -0.140. The number of carbonyl (C=O) groups is 1. The highest BCUT2D eigenvalue weighted by atomic mass is 16.4. The van der Waals surface area contributed by atoms with Gasteiger partial charge in [0.05, 0.1) is 0 Å². The molecule has 0 aromatic carbocycles. The van der Waals surface area contributed by atoms with Gasteiger partial charge >= 0.3 is 5.97 Å². The standard InChI is InChI=1S/C12H19N3O2/c1-4-10-13-5-9(6-14-10)7-15-11(8(2)3)12(16)17/h5-6,8,11,15H,4,7H2,1-3H3,(H,16,17). The third kappa shape index (κ3) is 4.11. The molecule has 0 radical (unpaired) electrons. The lowest BCUT2D eigenvalue weighted by Gasteiger charge is -2.17. The summed E-state index contributed by atoms with van der Waals surface area (Å²) < 4.78 is 0. The molecule has 1 atom stereocenters. The minimum atomic E-state index is -0.828. The molecule has 1 aromatic rings. The number of aliphatic carboxylic acids is 1. The first kappa shape index (κ1) is 13.6. The van der Waals surface area contributed by atoms with Gasteiger partial charge in [0.25, 0.3) is 0 Å². The van der Waals surface area contributed by atoms with Gasteiger partial charge in [-0.05, 0) is 5.92 Å². The van der Waals surface area contributed by atoms with Crippen molar-refractivity contribution in [3.8, 4) is 0 Å². The topological polar surface area (TPSA) is 75.1 Å². The fraction of sp³-hybridized carbons (Fsp3) is 0.583. The van der Waals surface area contributed by atoms with E-state index in [1.807, 2.05) is 20.8 Å². The van der Waals surface area contributed by atoms with Crippen LogP contribution < -0.4 is 5.32 Å². The number of carboxylic acid groups (broad SMARTS) is 1. The van der Waals surface area contributed by atoms with Crippen LogP contribution in [0.25, 0.3) is 0 Å². The molecule has 0 saturated carbocycles. The van der Waals surface area contributed by atoms with Crippen LogP contribution in [-0.2, 0) is 17.8 Å². The lowest BCUT2D eigenvalue weighted by Crippen LogP contribution is -2.40. The average Bonchev–Trinajstić information content (AvgIpc) is 2.29. The number of carboxylic acids is 1. The van der Waals surface area contributed by atoms with E-state index in [2.05, 4.69) is 15.3 Å². The minimum Gasteiger partial charge on any atom is -0.480 e. The highest BCUT2D eigenvalue weighted by molar-refractivity contribution is 5.73. The maximum Gasteiger partial charge on any atom is 0.320 e. The normalized spacial score (nSPS) is 12.7. The van der Waals surface area contributed by atoms with Crippen LogP contribution in [-0.4, -0.2) is 27.1 Å². The van der Waals surface area contributed by atoms with Crippen molar-refractivity contribution in [2.24, 2.45) is 5.92 Å². The van der Waals surface area contributed by atoms with Gasteiger partial charge in [-0.3, -0.25) is 10.1 Å². The van der Waals surface area contributed by atoms with E-state index in [1.54, 1.807) is 12.4 Å². The van der Waals surface area contributed by atoms with Crippen LogP contribution in [0.2, 0.25) is 0 Å². The molecule has 0 bridgehead atoms. The van der Waals surface area contributed by atoms with E-state index < -0.39 is 12.0 Å². The summed E-state index contributed by atoms with van der Waals surface area (Å²) >= 11 is 0. The van der Waals surface area contributed by atoms with Gasteiger partial charge in [0.2, 0.25) is 0 Å². The molecule has 94 valence electrons. The third-order valence-electron chi connectivity index (χ3n) is 2.53. The van der Waals surface area contributed by atoms with Crippen molar-refractivity contribution < 1.29 is 9.90 Å². The molecule has 0 aliphatic rings. The molecule has 5 nitrogen and oxygen atoms in total. The summed E-state index contributed by atoms with van der Waals surface area (Å²) in [5.41, 5.74) is 0.897. The van der Waals surface area contributed by atoms with Gasteiger partial charge < -0.3 is 5.11 Å². The molecule has 0 aliphatic heterocycles. The molecular weight excluding hydrogens is 218 g/mol. The first-order valence-electron chi connectivity index (χ1n) is 5.80. The lowest BCUT2D eigenvalue weighted by atomic mass is 10.0. The maximum absolute atomic E-state index is 11.0. The van der Waals surface area contributed by atoms with Gasteiger partial charge in [-0.2, -0.15) is 0 Å². The third-order valence-corrected chi connectivity index (χ3v) is 2.53. The van der Waals surface area contributed by atoms with E-state index in [-0.39, 0.29) is 5.92 Å². The highest BCUT2D eigenvalue weighted by Gasteiger charge is 2.20. The van der Waals surface area contributed by atoms with Crippen molar-refractivity contribution in [3.63, 3.8) is 0 Å². The molecule has 1 heterocycles. The van der Waals surface area contributed by atoms with Gasteiger partial charge in [-0.25, -0.2) is 9.97 Å². The number of aryl methyl sites for hydroxylation is 1. The van der Waals surface area contributed by atoms with Gasteiger partial charge in [0.15, 0.2) is 0 Å². The molecule has 0 fully saturated rings. The molecule has 2 N–H and O–H groups in total. The zero-order chi connectivity index (χ0) is 12.8. The van der Waals surface area contributed by atoms with Crippen LogP contribution in [0, 0.1) is 5.92 Å². The van der Waals surface area contributed by atoms with E-state index in [1.165, 1.54) is 0 Å². The quantitative estimate of drug-likeness (QED) is 0.778. The molecule has 0 saturated heterocycles. The Morgan fingerprint density at radius 2 is 2.00 bits per heavy atom. The summed E-state index contributed by atoms with van der Waals surface area (Å²) in [4.78, 5) is 19.3. The molecule has 1 aromatic heterocycles. The molecule has 0 spiro atoms. The largest absolute Gasteiger partial charge is 0.480 e. The van der Waals surface area contributed by atoms with Crippen molar-refractivity contribution in [3.05, 3.63) is 23.8 Å². The molecular formula is C12H19N3O2. The van der Waals surface area contributed by atoms with Crippen molar-refractivity contribution in [2.45, 2.75) is 39.8 Å². The number of hydrogen-bond donors (Lipinski definition) is 2.